The molecular formula is C16H27FIN3O. The number of nitrogens with one attached hydrogen (secondary N) is 2. The SMILES string of the molecule is CCC(C)NC(=NC)NCCCCOc1ccc(F)cc1.I. The maximum absolute atomic E-state index is 12.7. The third-order valence-corrected chi connectivity index (χ3v) is 3.17. The van der Waals surface area contributed by atoms with Gasteiger partial charge in [-0.2, -0.15) is 0 Å². The first kappa shape index (κ1) is 20.9. The van der Waals surface area contributed by atoms with E-state index in [1.807, 2.05) is 0 Å². The van der Waals surface area contributed by atoms with E-state index in [-0.39, 0.29) is 29.8 Å². The first-order valence-electron chi connectivity index (χ1n) is 7.51. The Morgan fingerprint density at radius 2 is 1.95 bits per heavy atom. The molecule has 1 rings (SSSR count). The van der Waals surface area contributed by atoms with Crippen LogP contribution in [0.15, 0.2) is 29.3 Å². The van der Waals surface area contributed by atoms with E-state index in [2.05, 4.69) is 29.5 Å². The second-order valence-electron chi connectivity index (χ2n) is 4.96. The highest BCUT2D eigenvalue weighted by Crippen LogP contribution is 2.11. The fourth-order valence-electron chi connectivity index (χ4n) is 1.68. The van der Waals surface area contributed by atoms with Crippen LogP contribution in [0.3, 0.4) is 0 Å². The molecule has 0 spiro atoms. The molecule has 0 amide bonds. The van der Waals surface area contributed by atoms with Gasteiger partial charge in [-0.15, -0.1) is 24.0 Å². The number of unbranched alkanes of at least 4 members (excludes halogenated alkanes) is 1. The van der Waals surface area contributed by atoms with E-state index in [1.165, 1.54) is 12.1 Å². The molecule has 2 N–H and O–H groups in total. The molecule has 1 aromatic rings. The molecule has 0 heterocycles. The van der Waals surface area contributed by atoms with Crippen LogP contribution in [0.5, 0.6) is 5.75 Å². The van der Waals surface area contributed by atoms with Gasteiger partial charge in [-0.25, -0.2) is 4.39 Å². The Bertz CT molecular complexity index is 426. The Balaban J connectivity index is 0.00000441. The Morgan fingerprint density at radius 3 is 2.55 bits per heavy atom. The molecule has 1 aromatic carbocycles. The summed E-state index contributed by atoms with van der Waals surface area (Å²) in [5, 5.41) is 6.58. The van der Waals surface area contributed by atoms with E-state index in [0.717, 1.165) is 31.8 Å². The number of guanidine groups is 1. The van der Waals surface area contributed by atoms with Crippen molar-refractivity contribution >= 4 is 29.9 Å². The number of ether oxygens (including phenoxy) is 1. The number of hydrogen-bond donors (Lipinski definition) is 2. The highest BCUT2D eigenvalue weighted by Gasteiger charge is 2.01. The van der Waals surface area contributed by atoms with Crippen LogP contribution in [0, 0.1) is 5.82 Å². The summed E-state index contributed by atoms with van der Waals surface area (Å²) in [7, 11) is 1.77. The van der Waals surface area contributed by atoms with E-state index >= 15 is 0 Å². The van der Waals surface area contributed by atoms with Gasteiger partial charge in [0.1, 0.15) is 11.6 Å². The normalized spacial score (nSPS) is 12.3. The van der Waals surface area contributed by atoms with E-state index in [0.29, 0.717) is 18.4 Å². The van der Waals surface area contributed by atoms with Gasteiger partial charge in [0.2, 0.25) is 0 Å². The summed E-state index contributed by atoms with van der Waals surface area (Å²) in [5.41, 5.74) is 0. The monoisotopic (exact) mass is 423 g/mol. The number of hydrogen-bond acceptors (Lipinski definition) is 2. The van der Waals surface area contributed by atoms with Crippen molar-refractivity contribution in [2.45, 2.75) is 39.2 Å². The lowest BCUT2D eigenvalue weighted by atomic mass is 10.3. The molecule has 0 saturated heterocycles. The quantitative estimate of drug-likeness (QED) is 0.291. The van der Waals surface area contributed by atoms with Crippen LogP contribution in [-0.4, -0.2) is 32.2 Å². The Kier molecular flexibility index (Phi) is 11.9. The van der Waals surface area contributed by atoms with Crippen molar-refractivity contribution in [2.75, 3.05) is 20.2 Å². The van der Waals surface area contributed by atoms with E-state index in [1.54, 1.807) is 19.2 Å². The van der Waals surface area contributed by atoms with Gasteiger partial charge < -0.3 is 15.4 Å². The number of nitrogens with zero attached hydrogens (tertiary/aromatic N) is 1. The van der Waals surface area contributed by atoms with E-state index in [9.17, 15) is 4.39 Å². The molecule has 0 aliphatic rings. The standard InChI is InChI=1S/C16H26FN3O.HI/c1-4-13(2)20-16(18-3)19-11-5-6-12-21-15-9-7-14(17)8-10-15;/h7-10,13H,4-6,11-12H2,1-3H3,(H2,18,19,20);1H. The predicted molar refractivity (Wildman–Crippen MR) is 101 cm³/mol. The molecule has 126 valence electrons. The maximum Gasteiger partial charge on any atom is 0.191 e. The molecule has 4 nitrogen and oxygen atoms in total. The highest BCUT2D eigenvalue weighted by molar-refractivity contribution is 14.0. The lowest BCUT2D eigenvalue weighted by Gasteiger charge is -2.16. The number of rotatable bonds is 8. The second kappa shape index (κ2) is 12.5. The van der Waals surface area contributed by atoms with Crippen molar-refractivity contribution in [2.24, 2.45) is 4.99 Å². The predicted octanol–water partition coefficient (Wildman–Crippen LogP) is 3.57. The summed E-state index contributed by atoms with van der Waals surface area (Å²) in [6.45, 7) is 5.74. The molecule has 1 atom stereocenters. The highest BCUT2D eigenvalue weighted by atomic mass is 127. The van der Waals surface area contributed by atoms with Crippen LogP contribution in [0.4, 0.5) is 4.39 Å². The molecule has 1 unspecified atom stereocenters. The molecule has 0 aliphatic heterocycles. The molecule has 0 aliphatic carbocycles. The minimum absolute atomic E-state index is 0. The largest absolute Gasteiger partial charge is 0.494 e. The number of halogens is 2. The lowest BCUT2D eigenvalue weighted by molar-refractivity contribution is 0.306. The zero-order valence-electron chi connectivity index (χ0n) is 13.6. The van der Waals surface area contributed by atoms with Gasteiger partial charge in [-0.1, -0.05) is 6.92 Å². The third kappa shape index (κ3) is 9.07. The van der Waals surface area contributed by atoms with Crippen molar-refractivity contribution in [1.29, 1.82) is 0 Å². The van der Waals surface area contributed by atoms with Gasteiger partial charge in [0.25, 0.3) is 0 Å². The fraction of sp³-hybridized carbons (Fsp3) is 0.562. The molecule has 0 fully saturated rings. The van der Waals surface area contributed by atoms with Crippen molar-refractivity contribution < 1.29 is 9.13 Å². The summed E-state index contributed by atoms with van der Waals surface area (Å²) in [5.74, 6) is 1.30. The first-order valence-corrected chi connectivity index (χ1v) is 7.51. The Labute approximate surface area is 149 Å². The molecule has 0 saturated carbocycles. The molecular weight excluding hydrogens is 396 g/mol. The zero-order valence-corrected chi connectivity index (χ0v) is 15.9. The van der Waals surface area contributed by atoms with Crippen molar-refractivity contribution in [3.63, 3.8) is 0 Å². The smallest absolute Gasteiger partial charge is 0.191 e. The summed E-state index contributed by atoms with van der Waals surface area (Å²) in [6, 6.07) is 6.51. The van der Waals surface area contributed by atoms with Crippen LogP contribution in [0.25, 0.3) is 0 Å². The minimum atomic E-state index is -0.244. The maximum atomic E-state index is 12.7. The molecule has 0 aromatic heterocycles. The summed E-state index contributed by atoms with van der Waals surface area (Å²) in [4.78, 5) is 4.18. The summed E-state index contributed by atoms with van der Waals surface area (Å²) < 4.78 is 18.3. The zero-order chi connectivity index (χ0) is 15.5. The van der Waals surface area contributed by atoms with Crippen molar-refractivity contribution in [3.8, 4) is 5.75 Å². The lowest BCUT2D eigenvalue weighted by Crippen LogP contribution is -2.42. The van der Waals surface area contributed by atoms with Gasteiger partial charge in [0, 0.05) is 19.6 Å². The third-order valence-electron chi connectivity index (χ3n) is 3.17. The average molecular weight is 423 g/mol. The first-order chi connectivity index (χ1) is 10.2. The molecule has 6 heteroatoms. The van der Waals surface area contributed by atoms with Crippen LogP contribution in [0.1, 0.15) is 33.1 Å². The summed E-state index contributed by atoms with van der Waals surface area (Å²) >= 11 is 0. The second-order valence-corrected chi connectivity index (χ2v) is 4.96. The van der Waals surface area contributed by atoms with Crippen molar-refractivity contribution in [1.82, 2.24) is 10.6 Å². The van der Waals surface area contributed by atoms with Crippen LogP contribution in [-0.2, 0) is 0 Å². The van der Waals surface area contributed by atoms with Gasteiger partial charge >= 0.3 is 0 Å². The van der Waals surface area contributed by atoms with Crippen molar-refractivity contribution in [3.05, 3.63) is 30.1 Å². The van der Waals surface area contributed by atoms with Crippen LogP contribution >= 0.6 is 24.0 Å². The van der Waals surface area contributed by atoms with Gasteiger partial charge in [-0.05, 0) is 50.5 Å². The van der Waals surface area contributed by atoms with Gasteiger partial charge in [0.15, 0.2) is 5.96 Å². The summed E-state index contributed by atoms with van der Waals surface area (Å²) in [6.07, 6.45) is 2.99. The average Bonchev–Trinajstić information content (AvgIpc) is 2.50. The molecule has 0 radical (unpaired) electrons. The van der Waals surface area contributed by atoms with Crippen LogP contribution < -0.4 is 15.4 Å². The number of aliphatic imine (C=N–C) groups is 1. The van der Waals surface area contributed by atoms with Gasteiger partial charge in [-0.3, -0.25) is 4.99 Å². The van der Waals surface area contributed by atoms with Crippen LogP contribution in [0.2, 0.25) is 0 Å². The fourth-order valence-corrected chi connectivity index (χ4v) is 1.68. The topological polar surface area (TPSA) is 45.7 Å². The van der Waals surface area contributed by atoms with E-state index < -0.39 is 0 Å². The number of benzene rings is 1. The van der Waals surface area contributed by atoms with Gasteiger partial charge in [0.05, 0.1) is 6.61 Å². The Morgan fingerprint density at radius 1 is 1.27 bits per heavy atom. The van der Waals surface area contributed by atoms with E-state index in [4.69, 9.17) is 4.74 Å². The minimum Gasteiger partial charge on any atom is -0.494 e. The Hall–Kier alpha value is -1.05. The molecule has 0 bridgehead atoms. The molecule has 22 heavy (non-hydrogen) atoms.